The van der Waals surface area contributed by atoms with E-state index in [1.807, 2.05) is 29.0 Å². The highest BCUT2D eigenvalue weighted by Gasteiger charge is 2.33. The third-order valence-electron chi connectivity index (χ3n) is 5.46. The molecule has 1 unspecified atom stereocenters. The second-order valence-corrected chi connectivity index (χ2v) is 7.50. The van der Waals surface area contributed by atoms with Crippen LogP contribution in [0.1, 0.15) is 34.1 Å². The zero-order valence-corrected chi connectivity index (χ0v) is 17.5. The lowest BCUT2D eigenvalue weighted by Gasteiger charge is -2.35. The number of carboxylic acids is 1. The van der Waals surface area contributed by atoms with Crippen molar-refractivity contribution >= 4 is 17.7 Å². The number of methoxy groups -OCH3 is 1. The van der Waals surface area contributed by atoms with Crippen molar-refractivity contribution in [2.45, 2.75) is 25.6 Å². The minimum Gasteiger partial charge on any atom is -0.494 e. The van der Waals surface area contributed by atoms with Crippen LogP contribution in [-0.2, 0) is 17.9 Å². The molecule has 3 heterocycles. The number of benzene rings is 1. The fraction of sp³-hybridized carbons (Fsp3) is 0.261. The van der Waals surface area contributed by atoms with Crippen molar-refractivity contribution < 1.29 is 23.8 Å². The van der Waals surface area contributed by atoms with Gasteiger partial charge in [-0.1, -0.05) is 12.1 Å². The fourth-order valence-corrected chi connectivity index (χ4v) is 3.92. The maximum atomic E-state index is 14.3. The summed E-state index contributed by atoms with van der Waals surface area (Å²) in [5.74, 6) is -1.17. The lowest BCUT2D eigenvalue weighted by Crippen LogP contribution is -2.43. The Morgan fingerprint density at radius 3 is 2.81 bits per heavy atom. The van der Waals surface area contributed by atoms with Gasteiger partial charge in [-0.25, -0.2) is 9.37 Å². The summed E-state index contributed by atoms with van der Waals surface area (Å²) >= 11 is 0. The van der Waals surface area contributed by atoms with Crippen LogP contribution in [0.3, 0.4) is 0 Å². The monoisotopic (exact) mass is 438 g/mol. The molecule has 1 aliphatic rings. The third-order valence-corrected chi connectivity index (χ3v) is 5.46. The standard InChI is InChI=1S/C23H23FN4O4/c1-32-20-6-5-16(11-17(20)24)18(12-22(29)30)28-9-8-27-14-15(10-19(27)23(28)31)13-26-21-4-2-3-7-25-21/h2-7,10-11,14,18H,8-9,12-13H2,1H3,(H,25,26)(H,29,30). The molecule has 1 aromatic carbocycles. The van der Waals surface area contributed by atoms with Crippen molar-refractivity contribution in [1.29, 1.82) is 0 Å². The van der Waals surface area contributed by atoms with Gasteiger partial charge in [-0.2, -0.15) is 0 Å². The number of hydrogen-bond acceptors (Lipinski definition) is 5. The molecule has 1 aliphatic heterocycles. The summed E-state index contributed by atoms with van der Waals surface area (Å²) in [6.45, 7) is 1.32. The number of nitrogens with one attached hydrogen (secondary N) is 1. The molecule has 0 saturated carbocycles. The Balaban J connectivity index is 1.56. The number of ether oxygens (including phenoxy) is 1. The molecule has 2 aromatic heterocycles. The molecule has 32 heavy (non-hydrogen) atoms. The topological polar surface area (TPSA) is 96.7 Å². The summed E-state index contributed by atoms with van der Waals surface area (Å²) in [4.78, 5) is 30.5. The molecule has 166 valence electrons. The lowest BCUT2D eigenvalue weighted by molar-refractivity contribution is -0.138. The predicted octanol–water partition coefficient (Wildman–Crippen LogP) is 3.31. The largest absolute Gasteiger partial charge is 0.494 e. The minimum atomic E-state index is -1.07. The fourth-order valence-electron chi connectivity index (χ4n) is 3.92. The lowest BCUT2D eigenvalue weighted by atomic mass is 10.00. The van der Waals surface area contributed by atoms with Crippen molar-refractivity contribution in [3.05, 3.63) is 77.5 Å². The number of amides is 1. The highest BCUT2D eigenvalue weighted by Crippen LogP contribution is 2.31. The number of halogens is 1. The number of carbonyl (C=O) groups is 2. The first-order valence-electron chi connectivity index (χ1n) is 10.2. The Bertz CT molecular complexity index is 1130. The van der Waals surface area contributed by atoms with Crippen molar-refractivity contribution in [3.63, 3.8) is 0 Å². The zero-order valence-electron chi connectivity index (χ0n) is 17.5. The summed E-state index contributed by atoms with van der Waals surface area (Å²) in [7, 11) is 1.36. The number of carbonyl (C=O) groups excluding carboxylic acids is 1. The number of pyridine rings is 1. The van der Waals surface area contributed by atoms with Crippen LogP contribution >= 0.6 is 0 Å². The van der Waals surface area contributed by atoms with Gasteiger partial charge in [0.05, 0.1) is 19.6 Å². The Labute approximate surface area is 184 Å². The van der Waals surface area contributed by atoms with Gasteiger partial charge in [0.1, 0.15) is 11.5 Å². The first-order chi connectivity index (χ1) is 15.5. The molecule has 3 aromatic rings. The third kappa shape index (κ3) is 4.41. The highest BCUT2D eigenvalue weighted by molar-refractivity contribution is 5.94. The first kappa shape index (κ1) is 21.4. The second kappa shape index (κ2) is 9.09. The quantitative estimate of drug-likeness (QED) is 0.560. The minimum absolute atomic E-state index is 0.0618. The van der Waals surface area contributed by atoms with E-state index in [1.165, 1.54) is 24.1 Å². The van der Waals surface area contributed by atoms with Gasteiger partial charge < -0.3 is 24.6 Å². The van der Waals surface area contributed by atoms with Gasteiger partial charge in [-0.3, -0.25) is 9.59 Å². The Morgan fingerprint density at radius 2 is 2.12 bits per heavy atom. The van der Waals surface area contributed by atoms with Crippen LogP contribution in [0.15, 0.2) is 54.9 Å². The SMILES string of the molecule is COc1ccc(C(CC(=O)O)N2CCn3cc(CNc4ccccn4)cc3C2=O)cc1F. The predicted molar refractivity (Wildman–Crippen MR) is 115 cm³/mol. The molecule has 9 heteroatoms. The van der Waals surface area contributed by atoms with Crippen LogP contribution < -0.4 is 10.1 Å². The van der Waals surface area contributed by atoms with E-state index in [1.54, 1.807) is 18.3 Å². The van der Waals surface area contributed by atoms with E-state index >= 15 is 0 Å². The Kier molecular flexibility index (Phi) is 6.07. The van der Waals surface area contributed by atoms with Crippen LogP contribution in [0.2, 0.25) is 0 Å². The van der Waals surface area contributed by atoms with E-state index in [0.717, 1.165) is 11.4 Å². The van der Waals surface area contributed by atoms with Crippen molar-refractivity contribution in [2.75, 3.05) is 19.0 Å². The second-order valence-electron chi connectivity index (χ2n) is 7.50. The van der Waals surface area contributed by atoms with Crippen molar-refractivity contribution in [1.82, 2.24) is 14.5 Å². The number of rotatable bonds is 8. The summed E-state index contributed by atoms with van der Waals surface area (Å²) in [5.41, 5.74) is 1.79. The number of aliphatic carboxylic acids is 1. The van der Waals surface area contributed by atoms with Gasteiger partial charge in [-0.05, 0) is 41.5 Å². The molecular formula is C23H23FN4O4. The molecule has 4 rings (SSSR count). The van der Waals surface area contributed by atoms with E-state index in [-0.39, 0.29) is 18.1 Å². The Hall–Kier alpha value is -3.88. The zero-order chi connectivity index (χ0) is 22.7. The molecule has 0 fully saturated rings. The van der Waals surface area contributed by atoms with Crippen LogP contribution in [0.4, 0.5) is 10.2 Å². The number of aromatic nitrogens is 2. The molecular weight excluding hydrogens is 415 g/mol. The van der Waals surface area contributed by atoms with Crippen molar-refractivity contribution in [2.24, 2.45) is 0 Å². The molecule has 0 aliphatic carbocycles. The number of fused-ring (bicyclic) bond motifs is 1. The molecule has 0 radical (unpaired) electrons. The van der Waals surface area contributed by atoms with E-state index < -0.39 is 17.8 Å². The van der Waals surface area contributed by atoms with E-state index in [0.29, 0.717) is 30.9 Å². The Morgan fingerprint density at radius 1 is 1.28 bits per heavy atom. The van der Waals surface area contributed by atoms with Gasteiger partial charge in [0.15, 0.2) is 11.6 Å². The summed E-state index contributed by atoms with van der Waals surface area (Å²) < 4.78 is 21.1. The summed E-state index contributed by atoms with van der Waals surface area (Å²) in [6, 6.07) is 10.8. The van der Waals surface area contributed by atoms with Crippen molar-refractivity contribution in [3.8, 4) is 5.75 Å². The van der Waals surface area contributed by atoms with Gasteiger partial charge in [0, 0.05) is 32.0 Å². The first-order valence-corrected chi connectivity index (χ1v) is 10.2. The number of anilines is 1. The smallest absolute Gasteiger partial charge is 0.305 e. The van der Waals surface area contributed by atoms with Gasteiger partial charge in [0.2, 0.25) is 0 Å². The van der Waals surface area contributed by atoms with Gasteiger partial charge in [0.25, 0.3) is 5.91 Å². The van der Waals surface area contributed by atoms with Gasteiger partial charge in [-0.15, -0.1) is 0 Å². The van der Waals surface area contributed by atoms with E-state index in [9.17, 15) is 19.1 Å². The maximum absolute atomic E-state index is 14.3. The summed E-state index contributed by atoms with van der Waals surface area (Å²) in [6.07, 6.45) is 3.27. The van der Waals surface area contributed by atoms with Crippen LogP contribution in [-0.4, -0.2) is 45.1 Å². The molecule has 2 N–H and O–H groups in total. The normalized spacial score (nSPS) is 14.1. The number of carboxylic acid groups (broad SMARTS) is 1. The highest BCUT2D eigenvalue weighted by atomic mass is 19.1. The molecule has 1 atom stereocenters. The average molecular weight is 438 g/mol. The van der Waals surface area contributed by atoms with Crippen LogP contribution in [0, 0.1) is 5.82 Å². The van der Waals surface area contributed by atoms with Crippen LogP contribution in [0.25, 0.3) is 0 Å². The van der Waals surface area contributed by atoms with E-state index in [4.69, 9.17) is 4.74 Å². The summed E-state index contributed by atoms with van der Waals surface area (Å²) in [5, 5.41) is 12.6. The molecule has 0 spiro atoms. The molecule has 1 amide bonds. The molecule has 0 saturated heterocycles. The van der Waals surface area contributed by atoms with E-state index in [2.05, 4.69) is 10.3 Å². The number of hydrogen-bond donors (Lipinski definition) is 2. The number of nitrogens with zero attached hydrogens (tertiary/aromatic N) is 3. The average Bonchev–Trinajstić information content (AvgIpc) is 3.21. The van der Waals surface area contributed by atoms with Gasteiger partial charge >= 0.3 is 5.97 Å². The maximum Gasteiger partial charge on any atom is 0.305 e. The molecule has 8 nitrogen and oxygen atoms in total. The van der Waals surface area contributed by atoms with Crippen LogP contribution in [0.5, 0.6) is 5.75 Å². The molecule has 0 bridgehead atoms.